The molecular weight excluding hydrogens is 319 g/mol. The highest BCUT2D eigenvalue weighted by Crippen LogP contribution is 2.28. The van der Waals surface area contributed by atoms with E-state index in [1.54, 1.807) is 0 Å². The minimum Gasteiger partial charge on any atom is -0.422 e. The maximum absolute atomic E-state index is 12.9. The Labute approximate surface area is 95.0 Å². The van der Waals surface area contributed by atoms with E-state index in [1.165, 1.54) is 18.2 Å². The van der Waals surface area contributed by atoms with Crippen LogP contribution in [0.5, 0.6) is 0 Å². The van der Waals surface area contributed by atoms with Gasteiger partial charge in [-0.3, -0.25) is 0 Å². The molecule has 14 heavy (non-hydrogen) atoms. The van der Waals surface area contributed by atoms with Crippen molar-refractivity contribution in [2.45, 2.75) is 0 Å². The number of halogens is 3. The van der Waals surface area contributed by atoms with Crippen molar-refractivity contribution in [3.63, 3.8) is 0 Å². The zero-order valence-corrected chi connectivity index (χ0v) is 9.85. The molecule has 2 nitrogen and oxygen atoms in total. The molecule has 0 aliphatic heterocycles. The highest BCUT2D eigenvalue weighted by molar-refractivity contribution is 9.13. The van der Waals surface area contributed by atoms with Crippen LogP contribution in [0, 0.1) is 5.82 Å². The predicted molar refractivity (Wildman–Crippen MR) is 57.8 cm³/mol. The molecule has 0 atom stereocenters. The van der Waals surface area contributed by atoms with Gasteiger partial charge in [0.25, 0.3) is 0 Å². The highest BCUT2D eigenvalue weighted by atomic mass is 79.9. The second-order valence-corrected chi connectivity index (χ2v) is 4.24. The van der Waals surface area contributed by atoms with Crippen LogP contribution in [0.4, 0.5) is 4.39 Å². The Kier molecular flexibility index (Phi) is 2.45. The normalized spacial score (nSPS) is 10.8. The Morgan fingerprint density at radius 3 is 2.64 bits per heavy atom. The van der Waals surface area contributed by atoms with E-state index in [2.05, 4.69) is 31.9 Å². The van der Waals surface area contributed by atoms with Gasteiger partial charge in [0.1, 0.15) is 15.9 Å². The first kappa shape index (κ1) is 9.86. The smallest absolute Gasteiger partial charge is 0.351 e. The average molecular weight is 322 g/mol. The maximum Gasteiger partial charge on any atom is 0.351 e. The van der Waals surface area contributed by atoms with Crippen LogP contribution in [0.1, 0.15) is 0 Å². The second kappa shape index (κ2) is 3.47. The predicted octanol–water partition coefficient (Wildman–Crippen LogP) is 3.46. The monoisotopic (exact) mass is 320 g/mol. The van der Waals surface area contributed by atoms with Gasteiger partial charge in [0, 0.05) is 5.39 Å². The van der Waals surface area contributed by atoms with Gasteiger partial charge in [0.05, 0.1) is 4.47 Å². The lowest BCUT2D eigenvalue weighted by Gasteiger charge is -2.00. The fraction of sp³-hybridized carbons (Fsp3) is 0. The third-order valence-electron chi connectivity index (χ3n) is 1.75. The van der Waals surface area contributed by atoms with Gasteiger partial charge in [-0.05, 0) is 50.1 Å². The largest absolute Gasteiger partial charge is 0.422 e. The lowest BCUT2D eigenvalue weighted by atomic mass is 10.2. The van der Waals surface area contributed by atoms with E-state index in [9.17, 15) is 9.18 Å². The van der Waals surface area contributed by atoms with E-state index in [4.69, 9.17) is 4.42 Å². The number of hydrogen-bond acceptors (Lipinski definition) is 2. The van der Waals surface area contributed by atoms with Crippen LogP contribution in [0.15, 0.2) is 36.4 Å². The van der Waals surface area contributed by atoms with Gasteiger partial charge in [-0.15, -0.1) is 0 Å². The maximum atomic E-state index is 12.9. The molecule has 2 aromatic rings. The molecule has 0 aliphatic carbocycles. The van der Waals surface area contributed by atoms with Crippen LogP contribution < -0.4 is 5.63 Å². The van der Waals surface area contributed by atoms with Crippen molar-refractivity contribution >= 4 is 42.8 Å². The topological polar surface area (TPSA) is 30.2 Å². The van der Waals surface area contributed by atoms with Crippen molar-refractivity contribution in [1.29, 1.82) is 0 Å². The summed E-state index contributed by atoms with van der Waals surface area (Å²) in [5, 5.41) is 0.525. The van der Waals surface area contributed by atoms with Gasteiger partial charge in [-0.1, -0.05) is 0 Å². The molecule has 0 saturated carbocycles. The summed E-state index contributed by atoms with van der Waals surface area (Å²) < 4.78 is 18.6. The molecule has 0 aliphatic rings. The fourth-order valence-corrected chi connectivity index (χ4v) is 1.88. The Balaban J connectivity index is 2.99. The zero-order chi connectivity index (χ0) is 10.3. The Hall–Kier alpha value is -0.680. The van der Waals surface area contributed by atoms with Crippen LogP contribution in [0.3, 0.4) is 0 Å². The molecule has 0 fully saturated rings. The molecule has 0 amide bonds. The number of fused-ring (bicyclic) bond motifs is 1. The van der Waals surface area contributed by atoms with Crippen molar-refractivity contribution < 1.29 is 8.81 Å². The van der Waals surface area contributed by atoms with Crippen molar-refractivity contribution in [3.05, 3.63) is 43.4 Å². The second-order valence-electron chi connectivity index (χ2n) is 2.66. The van der Waals surface area contributed by atoms with Crippen LogP contribution >= 0.6 is 31.9 Å². The molecule has 0 N–H and O–H groups in total. The van der Waals surface area contributed by atoms with E-state index in [1.807, 2.05) is 0 Å². The average Bonchev–Trinajstić information content (AvgIpc) is 2.16. The van der Waals surface area contributed by atoms with Gasteiger partial charge in [0.15, 0.2) is 0 Å². The first-order valence-corrected chi connectivity index (χ1v) is 5.25. The quantitative estimate of drug-likeness (QED) is 0.696. The van der Waals surface area contributed by atoms with Crippen LogP contribution in [-0.4, -0.2) is 0 Å². The Morgan fingerprint density at radius 2 is 1.93 bits per heavy atom. The summed E-state index contributed by atoms with van der Waals surface area (Å²) in [4.78, 5) is 11.2. The lowest BCUT2D eigenvalue weighted by molar-refractivity contribution is 0.553. The lowest BCUT2D eigenvalue weighted by Crippen LogP contribution is -2.00. The van der Waals surface area contributed by atoms with Crippen LogP contribution in [-0.2, 0) is 0 Å². The molecule has 0 radical (unpaired) electrons. The molecule has 1 aromatic carbocycles. The summed E-state index contributed by atoms with van der Waals surface area (Å²) in [5.74, 6) is -0.376. The minimum absolute atomic E-state index is 0.260. The molecule has 0 saturated heterocycles. The van der Waals surface area contributed by atoms with Crippen molar-refractivity contribution in [2.75, 3.05) is 0 Å². The van der Waals surface area contributed by atoms with Crippen LogP contribution in [0.2, 0.25) is 0 Å². The zero-order valence-electron chi connectivity index (χ0n) is 6.68. The third kappa shape index (κ3) is 1.50. The van der Waals surface area contributed by atoms with Gasteiger partial charge in [-0.2, -0.15) is 0 Å². The van der Waals surface area contributed by atoms with Gasteiger partial charge < -0.3 is 4.42 Å². The van der Waals surface area contributed by atoms with E-state index in [-0.39, 0.29) is 10.3 Å². The molecule has 0 spiro atoms. The summed E-state index contributed by atoms with van der Waals surface area (Å²) in [6, 6.07) is 3.96. The molecule has 72 valence electrons. The van der Waals surface area contributed by atoms with Gasteiger partial charge in [0.2, 0.25) is 0 Å². The first-order chi connectivity index (χ1) is 6.59. The van der Waals surface area contributed by atoms with E-state index >= 15 is 0 Å². The van der Waals surface area contributed by atoms with Crippen molar-refractivity contribution in [1.82, 2.24) is 0 Å². The Morgan fingerprint density at radius 1 is 1.21 bits per heavy atom. The summed E-state index contributed by atoms with van der Waals surface area (Å²) in [6.07, 6.45) is 0. The van der Waals surface area contributed by atoms with Crippen LogP contribution in [0.25, 0.3) is 11.0 Å². The summed E-state index contributed by atoms with van der Waals surface area (Å²) in [5.41, 5.74) is -0.137. The molecule has 1 heterocycles. The number of hydrogen-bond donors (Lipinski definition) is 0. The number of benzene rings is 1. The summed E-state index contributed by atoms with van der Waals surface area (Å²) in [6.45, 7) is 0. The minimum atomic E-state index is -0.490. The van der Waals surface area contributed by atoms with Crippen molar-refractivity contribution in [3.8, 4) is 0 Å². The SMILES string of the molecule is O=c1oc2ccc(F)cc2c(Br)c1Br. The highest BCUT2D eigenvalue weighted by Gasteiger charge is 2.10. The van der Waals surface area contributed by atoms with E-state index in [0.29, 0.717) is 15.4 Å². The molecule has 1 aromatic heterocycles. The summed E-state index contributed by atoms with van der Waals surface area (Å²) >= 11 is 6.24. The molecule has 0 unspecified atom stereocenters. The molecule has 2 rings (SSSR count). The first-order valence-electron chi connectivity index (χ1n) is 3.67. The van der Waals surface area contributed by atoms with Gasteiger partial charge >= 0.3 is 5.63 Å². The van der Waals surface area contributed by atoms with Crippen molar-refractivity contribution in [2.24, 2.45) is 0 Å². The fourth-order valence-electron chi connectivity index (χ4n) is 1.12. The van der Waals surface area contributed by atoms with E-state index in [0.717, 1.165) is 0 Å². The molecule has 5 heteroatoms. The standard InChI is InChI=1S/C9H3Br2FO2/c10-7-5-3-4(12)1-2-6(5)14-9(13)8(7)11/h1-3H. The molecule has 0 bridgehead atoms. The summed E-state index contributed by atoms with van der Waals surface area (Å²) in [7, 11) is 0. The molecular formula is C9H3Br2FO2. The van der Waals surface area contributed by atoms with E-state index < -0.39 is 5.63 Å². The Bertz CT molecular complexity index is 562. The third-order valence-corrected chi connectivity index (χ3v) is 3.83. The number of rotatable bonds is 0. The van der Waals surface area contributed by atoms with Gasteiger partial charge in [-0.25, -0.2) is 9.18 Å².